The number of allylic oxidation sites excluding steroid dienone is 2. The predicted octanol–water partition coefficient (Wildman–Crippen LogP) is 2.04. The molecule has 0 atom stereocenters. The van der Waals surface area contributed by atoms with Crippen molar-refractivity contribution in [3.63, 3.8) is 0 Å². The van der Waals surface area contributed by atoms with E-state index in [2.05, 4.69) is 0 Å². The standard InChI is InChI=1S/C6H4F4O2/c7-3-4(8)6(9,10)2-1-5(11)12/h1-3H,(H,11,12). The van der Waals surface area contributed by atoms with E-state index >= 15 is 0 Å². The third kappa shape index (κ3) is 3.18. The minimum Gasteiger partial charge on any atom is -0.478 e. The molecule has 0 aromatic rings. The SMILES string of the molecule is O=C(O)C=CC(F)(F)C(F)=CF. The van der Waals surface area contributed by atoms with E-state index in [1.165, 1.54) is 0 Å². The van der Waals surface area contributed by atoms with E-state index < -0.39 is 24.0 Å². The van der Waals surface area contributed by atoms with Gasteiger partial charge >= 0.3 is 11.9 Å². The van der Waals surface area contributed by atoms with Crippen LogP contribution in [0.4, 0.5) is 17.6 Å². The van der Waals surface area contributed by atoms with E-state index in [9.17, 15) is 22.4 Å². The van der Waals surface area contributed by atoms with Crippen LogP contribution in [0.5, 0.6) is 0 Å². The monoisotopic (exact) mass is 184 g/mol. The molecule has 0 aliphatic rings. The number of carbonyl (C=O) groups is 1. The van der Waals surface area contributed by atoms with E-state index in [0.717, 1.165) is 0 Å². The summed E-state index contributed by atoms with van der Waals surface area (Å²) in [7, 11) is 0. The Morgan fingerprint density at radius 3 is 2.25 bits per heavy atom. The molecule has 12 heavy (non-hydrogen) atoms. The fourth-order valence-electron chi connectivity index (χ4n) is 0.328. The normalized spacial score (nSPS) is 13.8. The van der Waals surface area contributed by atoms with Crippen molar-refractivity contribution in [3.8, 4) is 0 Å². The van der Waals surface area contributed by atoms with E-state index in [1.807, 2.05) is 0 Å². The second kappa shape index (κ2) is 3.89. The van der Waals surface area contributed by atoms with E-state index in [4.69, 9.17) is 5.11 Å². The Hall–Kier alpha value is -1.33. The van der Waals surface area contributed by atoms with Gasteiger partial charge in [-0.05, 0) is 6.08 Å². The lowest BCUT2D eigenvalue weighted by Crippen LogP contribution is -2.13. The zero-order valence-electron chi connectivity index (χ0n) is 5.60. The molecule has 0 saturated carbocycles. The van der Waals surface area contributed by atoms with Crippen LogP contribution in [0.2, 0.25) is 0 Å². The van der Waals surface area contributed by atoms with Gasteiger partial charge in [0.1, 0.15) is 6.33 Å². The van der Waals surface area contributed by atoms with Gasteiger partial charge in [0.2, 0.25) is 5.83 Å². The highest BCUT2D eigenvalue weighted by molar-refractivity contribution is 5.80. The summed E-state index contributed by atoms with van der Waals surface area (Å²) < 4.78 is 47.3. The molecule has 0 bridgehead atoms. The van der Waals surface area contributed by atoms with Crippen LogP contribution >= 0.6 is 0 Å². The highest BCUT2D eigenvalue weighted by Gasteiger charge is 2.32. The quantitative estimate of drug-likeness (QED) is 0.538. The van der Waals surface area contributed by atoms with E-state index in [1.54, 1.807) is 0 Å². The van der Waals surface area contributed by atoms with Crippen molar-refractivity contribution >= 4 is 5.97 Å². The number of rotatable bonds is 3. The number of carboxylic acids is 1. The summed E-state index contributed by atoms with van der Waals surface area (Å²) in [6.07, 6.45) is -1.14. The van der Waals surface area contributed by atoms with Crippen LogP contribution in [-0.4, -0.2) is 17.0 Å². The number of hydrogen-bond acceptors (Lipinski definition) is 1. The fraction of sp³-hybridized carbons (Fsp3) is 0.167. The summed E-state index contributed by atoms with van der Waals surface area (Å²) in [5.74, 6) is -8.20. The molecule has 0 aliphatic heterocycles. The summed E-state index contributed by atoms with van der Waals surface area (Å²) in [5.41, 5.74) is 0. The maximum atomic E-state index is 12.1. The van der Waals surface area contributed by atoms with Gasteiger partial charge in [-0.15, -0.1) is 0 Å². The number of halogens is 4. The minimum atomic E-state index is -4.20. The molecule has 2 nitrogen and oxygen atoms in total. The Labute approximate surface area is 64.8 Å². The van der Waals surface area contributed by atoms with Gasteiger partial charge in [-0.25, -0.2) is 13.6 Å². The number of alkyl halides is 2. The molecule has 0 unspecified atom stereocenters. The Bertz CT molecular complexity index is 232. The molecule has 0 fully saturated rings. The van der Waals surface area contributed by atoms with Crippen molar-refractivity contribution < 1.29 is 27.5 Å². The van der Waals surface area contributed by atoms with Gasteiger partial charge in [0.15, 0.2) is 0 Å². The van der Waals surface area contributed by atoms with Crippen molar-refractivity contribution in [2.75, 3.05) is 0 Å². The van der Waals surface area contributed by atoms with Gasteiger partial charge in [0, 0.05) is 6.08 Å². The molecular formula is C6H4F4O2. The van der Waals surface area contributed by atoms with Gasteiger partial charge in [-0.2, -0.15) is 8.78 Å². The molecule has 1 N–H and O–H groups in total. The molecule has 0 spiro atoms. The lowest BCUT2D eigenvalue weighted by Gasteiger charge is -2.05. The first-order valence-electron chi connectivity index (χ1n) is 2.66. The Balaban J connectivity index is 4.53. The van der Waals surface area contributed by atoms with Crippen LogP contribution in [0.15, 0.2) is 24.3 Å². The first kappa shape index (κ1) is 10.7. The van der Waals surface area contributed by atoms with Crippen molar-refractivity contribution in [1.82, 2.24) is 0 Å². The molecule has 0 heterocycles. The summed E-state index contributed by atoms with van der Waals surface area (Å²) in [6.45, 7) is 0. The molecule has 0 radical (unpaired) electrons. The van der Waals surface area contributed by atoms with Crippen LogP contribution < -0.4 is 0 Å². The molecule has 6 heteroatoms. The minimum absolute atomic E-state index is 0.0308. The average molecular weight is 184 g/mol. The van der Waals surface area contributed by atoms with Crippen molar-refractivity contribution in [2.45, 2.75) is 5.92 Å². The number of hydrogen-bond donors (Lipinski definition) is 1. The maximum absolute atomic E-state index is 12.1. The first-order chi connectivity index (χ1) is 5.40. The van der Waals surface area contributed by atoms with Gasteiger partial charge in [-0.1, -0.05) is 0 Å². The third-order valence-electron chi connectivity index (χ3n) is 0.849. The second-order valence-corrected chi connectivity index (χ2v) is 1.75. The number of carboxylic acid groups (broad SMARTS) is 1. The van der Waals surface area contributed by atoms with E-state index in [0.29, 0.717) is 0 Å². The van der Waals surface area contributed by atoms with Gasteiger partial charge < -0.3 is 5.11 Å². The smallest absolute Gasteiger partial charge is 0.328 e. The maximum Gasteiger partial charge on any atom is 0.328 e. The van der Waals surface area contributed by atoms with Crippen LogP contribution in [0.3, 0.4) is 0 Å². The molecule has 0 saturated heterocycles. The van der Waals surface area contributed by atoms with Crippen LogP contribution in [0.1, 0.15) is 0 Å². The molecule has 0 aromatic carbocycles. The zero-order valence-corrected chi connectivity index (χ0v) is 5.60. The lowest BCUT2D eigenvalue weighted by molar-refractivity contribution is -0.131. The fourth-order valence-corrected chi connectivity index (χ4v) is 0.328. The Morgan fingerprint density at radius 2 is 1.92 bits per heavy atom. The van der Waals surface area contributed by atoms with Crippen molar-refractivity contribution in [3.05, 3.63) is 24.3 Å². The van der Waals surface area contributed by atoms with E-state index in [-0.39, 0.29) is 12.2 Å². The summed E-state index contributed by atoms with van der Waals surface area (Å²) in [4.78, 5) is 9.70. The summed E-state index contributed by atoms with van der Waals surface area (Å²) in [6, 6.07) is 0. The van der Waals surface area contributed by atoms with Gasteiger partial charge in [0.05, 0.1) is 0 Å². The number of aliphatic carboxylic acids is 1. The largest absolute Gasteiger partial charge is 0.478 e. The predicted molar refractivity (Wildman–Crippen MR) is 32.0 cm³/mol. The van der Waals surface area contributed by atoms with Gasteiger partial charge in [0.25, 0.3) is 0 Å². The zero-order chi connectivity index (χ0) is 9.78. The molecule has 0 rings (SSSR count). The third-order valence-corrected chi connectivity index (χ3v) is 0.849. The Kier molecular flexibility index (Phi) is 3.46. The van der Waals surface area contributed by atoms with Crippen LogP contribution in [0.25, 0.3) is 0 Å². The topological polar surface area (TPSA) is 37.3 Å². The lowest BCUT2D eigenvalue weighted by atomic mass is 10.3. The average Bonchev–Trinajstić information content (AvgIpc) is 1.99. The molecule has 0 aliphatic carbocycles. The summed E-state index contributed by atoms with van der Waals surface area (Å²) >= 11 is 0. The van der Waals surface area contributed by atoms with Crippen molar-refractivity contribution in [1.29, 1.82) is 0 Å². The van der Waals surface area contributed by atoms with Crippen LogP contribution in [-0.2, 0) is 4.79 Å². The first-order valence-corrected chi connectivity index (χ1v) is 2.66. The highest BCUT2D eigenvalue weighted by atomic mass is 19.3. The van der Waals surface area contributed by atoms with Crippen LogP contribution in [0, 0.1) is 0 Å². The molecule has 0 amide bonds. The molecule has 68 valence electrons. The molecular weight excluding hydrogens is 180 g/mol. The summed E-state index contributed by atoms with van der Waals surface area (Å²) in [5, 5.41) is 7.88. The highest BCUT2D eigenvalue weighted by Crippen LogP contribution is 2.26. The second-order valence-electron chi connectivity index (χ2n) is 1.75. The van der Waals surface area contributed by atoms with Gasteiger partial charge in [-0.3, -0.25) is 0 Å². The Morgan fingerprint density at radius 1 is 1.42 bits per heavy atom. The van der Waals surface area contributed by atoms with Crippen molar-refractivity contribution in [2.24, 2.45) is 0 Å². The molecule has 0 aromatic heterocycles.